The summed E-state index contributed by atoms with van der Waals surface area (Å²) in [7, 11) is 0. The van der Waals surface area contributed by atoms with E-state index in [4.69, 9.17) is 5.73 Å². The smallest absolute Gasteiger partial charge is 0.0348 e. The van der Waals surface area contributed by atoms with Crippen molar-refractivity contribution in [3.8, 4) is 0 Å². The molecule has 0 saturated heterocycles. The van der Waals surface area contributed by atoms with Crippen LogP contribution < -0.4 is 5.73 Å². The Balaban J connectivity index is 2.50. The molecule has 0 saturated carbocycles. The molecule has 0 bridgehead atoms. The van der Waals surface area contributed by atoms with E-state index in [9.17, 15) is 0 Å². The number of aryl methyl sites for hydroxylation is 1. The molecule has 1 aromatic carbocycles. The van der Waals surface area contributed by atoms with Crippen molar-refractivity contribution in [3.05, 3.63) is 34.7 Å². The van der Waals surface area contributed by atoms with Crippen LogP contribution in [0.15, 0.2) is 23.6 Å². The summed E-state index contributed by atoms with van der Waals surface area (Å²) < 4.78 is 1.38. The van der Waals surface area contributed by atoms with E-state index in [-0.39, 0.29) is 0 Å². The molecule has 1 nitrogen and oxygen atoms in total. The number of hydrogen-bond donors (Lipinski definition) is 1. The van der Waals surface area contributed by atoms with Gasteiger partial charge in [-0.25, -0.2) is 0 Å². The molecule has 0 aliphatic carbocycles. The molecule has 0 fully saturated rings. The molecule has 0 unspecified atom stereocenters. The maximum absolute atomic E-state index is 5.51. The second-order valence-corrected chi connectivity index (χ2v) is 4.20. The highest BCUT2D eigenvalue weighted by Crippen LogP contribution is 2.26. The summed E-state index contributed by atoms with van der Waals surface area (Å²) in [5.74, 6) is 0. The molecule has 2 rings (SSSR count). The van der Waals surface area contributed by atoms with Gasteiger partial charge in [0.2, 0.25) is 0 Å². The van der Waals surface area contributed by atoms with Crippen LogP contribution in [0.2, 0.25) is 0 Å². The zero-order valence-electron chi connectivity index (χ0n) is 7.71. The summed E-state index contributed by atoms with van der Waals surface area (Å²) in [5.41, 5.74) is 8.23. The van der Waals surface area contributed by atoms with Gasteiger partial charge in [-0.2, -0.15) is 0 Å². The normalized spacial score (nSPS) is 10.9. The van der Waals surface area contributed by atoms with Crippen LogP contribution in [0.1, 0.15) is 11.1 Å². The Morgan fingerprint density at radius 3 is 3.00 bits per heavy atom. The fourth-order valence-corrected chi connectivity index (χ4v) is 2.53. The van der Waals surface area contributed by atoms with E-state index in [2.05, 4.69) is 30.5 Å². The van der Waals surface area contributed by atoms with Gasteiger partial charge in [-0.05, 0) is 47.8 Å². The van der Waals surface area contributed by atoms with Gasteiger partial charge >= 0.3 is 0 Å². The van der Waals surface area contributed by atoms with E-state index in [1.54, 1.807) is 0 Å². The maximum Gasteiger partial charge on any atom is 0.0348 e. The van der Waals surface area contributed by atoms with Gasteiger partial charge in [-0.15, -0.1) is 11.3 Å². The topological polar surface area (TPSA) is 26.0 Å². The van der Waals surface area contributed by atoms with Crippen molar-refractivity contribution in [1.82, 2.24) is 0 Å². The third-order valence-corrected chi connectivity index (χ3v) is 3.33. The van der Waals surface area contributed by atoms with Gasteiger partial charge in [-0.1, -0.05) is 12.1 Å². The van der Waals surface area contributed by atoms with Gasteiger partial charge in [0, 0.05) is 4.70 Å². The van der Waals surface area contributed by atoms with Crippen LogP contribution in [0.4, 0.5) is 0 Å². The van der Waals surface area contributed by atoms with E-state index in [0.717, 1.165) is 13.0 Å². The lowest BCUT2D eigenvalue weighted by molar-refractivity contribution is 0.971. The lowest BCUT2D eigenvalue weighted by Gasteiger charge is -1.98. The van der Waals surface area contributed by atoms with Gasteiger partial charge in [0.1, 0.15) is 0 Å². The van der Waals surface area contributed by atoms with Crippen LogP contribution >= 0.6 is 11.3 Å². The predicted octanol–water partition coefficient (Wildman–Crippen LogP) is 2.71. The molecule has 2 aromatic rings. The summed E-state index contributed by atoms with van der Waals surface area (Å²) in [4.78, 5) is 0. The molecule has 0 amide bonds. The lowest BCUT2D eigenvalue weighted by Crippen LogP contribution is -2.02. The van der Waals surface area contributed by atoms with E-state index in [1.807, 2.05) is 11.3 Å². The first kappa shape index (κ1) is 8.73. The molecule has 1 heterocycles. The van der Waals surface area contributed by atoms with Crippen LogP contribution in [-0.2, 0) is 6.42 Å². The van der Waals surface area contributed by atoms with Crippen molar-refractivity contribution in [2.75, 3.05) is 6.54 Å². The van der Waals surface area contributed by atoms with E-state index >= 15 is 0 Å². The minimum atomic E-state index is 0.732. The molecule has 13 heavy (non-hydrogen) atoms. The monoisotopic (exact) mass is 191 g/mol. The van der Waals surface area contributed by atoms with Crippen molar-refractivity contribution < 1.29 is 0 Å². The average molecular weight is 191 g/mol. The highest BCUT2D eigenvalue weighted by molar-refractivity contribution is 7.17. The zero-order chi connectivity index (χ0) is 9.26. The van der Waals surface area contributed by atoms with Crippen molar-refractivity contribution >= 4 is 21.4 Å². The van der Waals surface area contributed by atoms with E-state index < -0.39 is 0 Å². The number of benzene rings is 1. The van der Waals surface area contributed by atoms with Crippen molar-refractivity contribution in [2.45, 2.75) is 13.3 Å². The van der Waals surface area contributed by atoms with Crippen LogP contribution in [-0.4, -0.2) is 6.54 Å². The molecular weight excluding hydrogens is 178 g/mol. The van der Waals surface area contributed by atoms with Gasteiger partial charge < -0.3 is 5.73 Å². The van der Waals surface area contributed by atoms with E-state index in [0.29, 0.717) is 0 Å². The molecule has 0 radical (unpaired) electrons. The summed E-state index contributed by atoms with van der Waals surface area (Å²) in [5, 5.41) is 3.59. The van der Waals surface area contributed by atoms with Crippen LogP contribution in [0.3, 0.4) is 0 Å². The largest absolute Gasteiger partial charge is 0.330 e. The van der Waals surface area contributed by atoms with Gasteiger partial charge in [0.15, 0.2) is 0 Å². The third kappa shape index (κ3) is 1.60. The molecule has 0 atom stereocenters. The van der Waals surface area contributed by atoms with Crippen LogP contribution in [0.25, 0.3) is 10.1 Å². The summed E-state index contributed by atoms with van der Waals surface area (Å²) in [6, 6.07) is 6.63. The Kier molecular flexibility index (Phi) is 2.34. The molecule has 2 N–H and O–H groups in total. The SMILES string of the molecule is Cc1csc2cc(CCN)ccc12. The van der Waals surface area contributed by atoms with Crippen LogP contribution in [0.5, 0.6) is 0 Å². The van der Waals surface area contributed by atoms with Crippen LogP contribution in [0, 0.1) is 6.92 Å². The van der Waals surface area contributed by atoms with Crippen molar-refractivity contribution in [3.63, 3.8) is 0 Å². The Hall–Kier alpha value is -0.860. The number of hydrogen-bond acceptors (Lipinski definition) is 2. The summed E-state index contributed by atoms with van der Waals surface area (Å²) >= 11 is 1.81. The number of thiophene rings is 1. The fourth-order valence-electron chi connectivity index (χ4n) is 1.53. The van der Waals surface area contributed by atoms with E-state index in [1.165, 1.54) is 21.2 Å². The Morgan fingerprint density at radius 2 is 2.23 bits per heavy atom. The maximum atomic E-state index is 5.51. The Morgan fingerprint density at radius 1 is 1.38 bits per heavy atom. The quantitative estimate of drug-likeness (QED) is 0.776. The average Bonchev–Trinajstić information content (AvgIpc) is 2.48. The molecular formula is C11H13NS. The number of nitrogens with two attached hydrogens (primary N) is 1. The zero-order valence-corrected chi connectivity index (χ0v) is 8.53. The number of fused-ring (bicyclic) bond motifs is 1. The first-order chi connectivity index (χ1) is 6.31. The first-order valence-corrected chi connectivity index (χ1v) is 5.36. The predicted molar refractivity (Wildman–Crippen MR) is 59.3 cm³/mol. The van der Waals surface area contributed by atoms with Crippen molar-refractivity contribution in [1.29, 1.82) is 0 Å². The molecule has 2 heteroatoms. The minimum Gasteiger partial charge on any atom is -0.330 e. The molecule has 1 aromatic heterocycles. The fraction of sp³-hybridized carbons (Fsp3) is 0.273. The summed E-state index contributed by atoms with van der Waals surface area (Å²) in [6.07, 6.45) is 0.979. The second-order valence-electron chi connectivity index (χ2n) is 3.29. The third-order valence-electron chi connectivity index (χ3n) is 2.27. The summed E-state index contributed by atoms with van der Waals surface area (Å²) in [6.45, 7) is 2.89. The van der Waals surface area contributed by atoms with Gasteiger partial charge in [0.25, 0.3) is 0 Å². The lowest BCUT2D eigenvalue weighted by atomic mass is 10.1. The van der Waals surface area contributed by atoms with Gasteiger partial charge in [-0.3, -0.25) is 0 Å². The Bertz CT molecular complexity index is 417. The molecule has 68 valence electrons. The molecule has 0 spiro atoms. The molecule has 0 aliphatic heterocycles. The second kappa shape index (κ2) is 3.48. The number of rotatable bonds is 2. The van der Waals surface area contributed by atoms with Crippen molar-refractivity contribution in [2.24, 2.45) is 5.73 Å². The Labute approximate surface area is 82.2 Å². The highest BCUT2D eigenvalue weighted by atomic mass is 32.1. The highest BCUT2D eigenvalue weighted by Gasteiger charge is 2.00. The molecule has 0 aliphatic rings. The standard InChI is InChI=1S/C11H13NS/c1-8-7-13-11-6-9(4-5-12)2-3-10(8)11/h2-3,6-7H,4-5,12H2,1H3. The first-order valence-electron chi connectivity index (χ1n) is 4.48. The minimum absolute atomic E-state index is 0.732. The van der Waals surface area contributed by atoms with Gasteiger partial charge in [0.05, 0.1) is 0 Å².